The van der Waals surface area contributed by atoms with Crippen molar-refractivity contribution in [2.45, 2.75) is 0 Å². The summed E-state index contributed by atoms with van der Waals surface area (Å²) in [6.07, 6.45) is 0. The average molecular weight is 542 g/mol. The molecule has 1 aliphatic carbocycles. The van der Waals surface area contributed by atoms with Crippen LogP contribution in [0.4, 0.5) is 34.1 Å². The zero-order valence-electron chi connectivity index (χ0n) is 22.0. The summed E-state index contributed by atoms with van der Waals surface area (Å²) in [5.74, 6) is 0. The minimum atomic E-state index is 1.07. The van der Waals surface area contributed by atoms with Gasteiger partial charge in [-0.05, 0) is 42.5 Å². The minimum Gasteiger partial charge on any atom is -0.306 e. The Morgan fingerprint density at radius 1 is 0.463 bits per heavy atom. The number of anilines is 6. The molecule has 0 N–H and O–H groups in total. The van der Waals surface area contributed by atoms with Crippen molar-refractivity contribution in [1.82, 2.24) is 4.98 Å². The number of rotatable bonds is 3. The third kappa shape index (κ3) is 3.22. The van der Waals surface area contributed by atoms with E-state index in [4.69, 9.17) is 4.98 Å². The summed E-state index contributed by atoms with van der Waals surface area (Å²) >= 11 is 1.79. The number of hydrogen-bond acceptors (Lipinski definition) is 4. The first-order valence-electron chi connectivity index (χ1n) is 13.8. The maximum absolute atomic E-state index is 5.16. The molecule has 4 heteroatoms. The Morgan fingerprint density at radius 3 is 1.76 bits per heavy atom. The van der Waals surface area contributed by atoms with Crippen molar-refractivity contribution in [3.8, 4) is 32.3 Å². The van der Waals surface area contributed by atoms with Gasteiger partial charge in [0.25, 0.3) is 0 Å². The monoisotopic (exact) mass is 541 g/mol. The van der Waals surface area contributed by atoms with E-state index in [0.29, 0.717) is 0 Å². The van der Waals surface area contributed by atoms with Crippen LogP contribution in [0.2, 0.25) is 0 Å². The van der Waals surface area contributed by atoms with Gasteiger partial charge in [-0.3, -0.25) is 0 Å². The SMILES string of the molecule is c1ccc(-c2nc3c(s2)-c2cccc4c(N5c6ccccc6N(c6ccccc6)c6ccccc65)ccc-3c24)cc1. The van der Waals surface area contributed by atoms with Crippen molar-refractivity contribution in [1.29, 1.82) is 0 Å². The second-order valence-electron chi connectivity index (χ2n) is 10.4. The molecule has 3 nitrogen and oxygen atoms in total. The van der Waals surface area contributed by atoms with Gasteiger partial charge < -0.3 is 9.80 Å². The lowest BCUT2D eigenvalue weighted by Gasteiger charge is -2.40. The molecule has 2 heterocycles. The van der Waals surface area contributed by atoms with E-state index in [2.05, 4.69) is 149 Å². The van der Waals surface area contributed by atoms with Crippen LogP contribution in [0.15, 0.2) is 140 Å². The molecule has 1 aromatic heterocycles. The first-order valence-corrected chi connectivity index (χ1v) is 14.6. The normalized spacial score (nSPS) is 12.8. The minimum absolute atomic E-state index is 1.07. The summed E-state index contributed by atoms with van der Waals surface area (Å²) in [6, 6.07) is 49.8. The lowest BCUT2D eigenvalue weighted by molar-refractivity contribution is 1.17. The lowest BCUT2D eigenvalue weighted by atomic mass is 9.99. The molecule has 0 unspecified atom stereocenters. The smallest absolute Gasteiger partial charge is 0.124 e. The van der Waals surface area contributed by atoms with E-state index in [-0.39, 0.29) is 0 Å². The Kier molecular flexibility index (Phi) is 4.77. The van der Waals surface area contributed by atoms with E-state index in [9.17, 15) is 0 Å². The van der Waals surface area contributed by atoms with Crippen LogP contribution in [0, 0.1) is 0 Å². The highest BCUT2D eigenvalue weighted by Crippen LogP contribution is 2.57. The van der Waals surface area contributed by atoms with Gasteiger partial charge in [-0.1, -0.05) is 97.1 Å². The summed E-state index contributed by atoms with van der Waals surface area (Å²) in [5, 5.41) is 3.60. The summed E-state index contributed by atoms with van der Waals surface area (Å²) in [4.78, 5) is 11.2. The maximum Gasteiger partial charge on any atom is 0.124 e. The van der Waals surface area contributed by atoms with Gasteiger partial charge in [-0.15, -0.1) is 11.3 Å². The Labute approximate surface area is 242 Å². The summed E-state index contributed by atoms with van der Waals surface area (Å²) < 4.78 is 0. The van der Waals surface area contributed by atoms with Gasteiger partial charge in [0.15, 0.2) is 0 Å². The molecule has 192 valence electrons. The van der Waals surface area contributed by atoms with Crippen molar-refractivity contribution in [3.05, 3.63) is 140 Å². The van der Waals surface area contributed by atoms with Crippen LogP contribution in [0.1, 0.15) is 0 Å². The molecule has 6 aromatic carbocycles. The molecular weight excluding hydrogens is 518 g/mol. The van der Waals surface area contributed by atoms with Crippen LogP contribution in [-0.2, 0) is 0 Å². The lowest BCUT2D eigenvalue weighted by Crippen LogP contribution is -2.24. The molecule has 0 saturated heterocycles. The zero-order chi connectivity index (χ0) is 26.9. The largest absolute Gasteiger partial charge is 0.306 e. The van der Waals surface area contributed by atoms with Crippen molar-refractivity contribution in [2.75, 3.05) is 9.80 Å². The standard InChI is InChI=1S/C37H23N3S/c1-3-12-24(13-4-1)37-38-35-27-22-23-29(26-16-11-17-28(34(26)27)36(35)41-37)40-32-20-9-7-18-30(32)39(25-14-5-2-6-15-25)31-19-8-10-21-33(31)40/h1-23H. The molecule has 2 aliphatic rings. The Balaban J connectivity index is 1.26. The Morgan fingerprint density at radius 2 is 1.07 bits per heavy atom. The Hall–Kier alpha value is -5.19. The van der Waals surface area contributed by atoms with Crippen LogP contribution in [0.3, 0.4) is 0 Å². The number of benzene rings is 6. The number of aromatic nitrogens is 1. The second-order valence-corrected chi connectivity index (χ2v) is 11.4. The first kappa shape index (κ1) is 22.6. The van der Waals surface area contributed by atoms with E-state index in [1.165, 1.54) is 38.0 Å². The molecule has 9 rings (SSSR count). The van der Waals surface area contributed by atoms with E-state index < -0.39 is 0 Å². The first-order chi connectivity index (χ1) is 20.4. The fourth-order valence-corrected chi connectivity index (χ4v) is 7.54. The van der Waals surface area contributed by atoms with Crippen molar-refractivity contribution < 1.29 is 0 Å². The molecule has 0 radical (unpaired) electrons. The predicted molar refractivity (Wildman–Crippen MR) is 172 cm³/mol. The number of hydrogen-bond donors (Lipinski definition) is 0. The van der Waals surface area contributed by atoms with E-state index in [1.54, 1.807) is 11.3 Å². The molecule has 7 aromatic rings. The second kappa shape index (κ2) is 8.65. The van der Waals surface area contributed by atoms with Crippen molar-refractivity contribution in [3.63, 3.8) is 0 Å². The van der Waals surface area contributed by atoms with Gasteiger partial charge in [0.05, 0.1) is 39.0 Å². The summed E-state index contributed by atoms with van der Waals surface area (Å²) in [7, 11) is 0. The maximum atomic E-state index is 5.16. The quantitative estimate of drug-likeness (QED) is 0.222. The van der Waals surface area contributed by atoms with Crippen LogP contribution in [0.25, 0.3) is 43.0 Å². The molecule has 0 fully saturated rings. The van der Waals surface area contributed by atoms with Gasteiger partial charge in [-0.2, -0.15) is 0 Å². The van der Waals surface area contributed by atoms with Gasteiger partial charge in [-0.25, -0.2) is 4.98 Å². The third-order valence-electron chi connectivity index (χ3n) is 8.15. The number of fused-ring (bicyclic) bond motifs is 5. The average Bonchev–Trinajstić information content (AvgIpc) is 3.61. The van der Waals surface area contributed by atoms with Crippen molar-refractivity contribution in [2.24, 2.45) is 0 Å². The Bertz CT molecular complexity index is 2040. The molecule has 41 heavy (non-hydrogen) atoms. The van der Waals surface area contributed by atoms with Gasteiger partial charge in [0.1, 0.15) is 5.01 Å². The zero-order valence-corrected chi connectivity index (χ0v) is 22.8. The van der Waals surface area contributed by atoms with Crippen LogP contribution in [-0.4, -0.2) is 4.98 Å². The number of nitrogens with zero attached hydrogens (tertiary/aromatic N) is 3. The highest BCUT2D eigenvalue weighted by Gasteiger charge is 2.33. The topological polar surface area (TPSA) is 19.4 Å². The van der Waals surface area contributed by atoms with Crippen LogP contribution in [0.5, 0.6) is 0 Å². The summed E-state index contributed by atoms with van der Waals surface area (Å²) in [5.41, 5.74) is 11.7. The summed E-state index contributed by atoms with van der Waals surface area (Å²) in [6.45, 7) is 0. The molecule has 0 atom stereocenters. The van der Waals surface area contributed by atoms with Gasteiger partial charge in [0.2, 0.25) is 0 Å². The van der Waals surface area contributed by atoms with E-state index in [0.717, 1.165) is 39.1 Å². The van der Waals surface area contributed by atoms with Crippen molar-refractivity contribution >= 4 is 56.2 Å². The van der Waals surface area contributed by atoms with Gasteiger partial charge >= 0.3 is 0 Å². The van der Waals surface area contributed by atoms with Gasteiger partial charge in [0, 0.05) is 33.2 Å². The molecule has 0 bridgehead atoms. The van der Waals surface area contributed by atoms with E-state index in [1.807, 2.05) is 0 Å². The number of thiazole rings is 1. The van der Waals surface area contributed by atoms with Crippen LogP contribution >= 0.6 is 11.3 Å². The molecular formula is C37H23N3S. The highest BCUT2D eigenvalue weighted by molar-refractivity contribution is 7.19. The third-order valence-corrected chi connectivity index (χ3v) is 9.29. The molecule has 0 amide bonds. The fraction of sp³-hybridized carbons (Fsp3) is 0. The number of para-hydroxylation sites is 5. The van der Waals surface area contributed by atoms with E-state index >= 15 is 0 Å². The molecule has 0 saturated carbocycles. The van der Waals surface area contributed by atoms with Crippen LogP contribution < -0.4 is 9.80 Å². The fourth-order valence-electron chi connectivity index (χ4n) is 6.42. The molecule has 1 aliphatic heterocycles. The highest BCUT2D eigenvalue weighted by atomic mass is 32.1. The predicted octanol–water partition coefficient (Wildman–Crippen LogP) is 10.9. The molecule has 0 spiro atoms.